The zero-order valence-electron chi connectivity index (χ0n) is 19.0. The summed E-state index contributed by atoms with van der Waals surface area (Å²) in [7, 11) is 0. The number of carbonyl (C=O) groups excluding carboxylic acids is 1. The standard InChI is InChI=1S/C26H38N2O2S/c1-2-3-4-5-6-7-8-9-10-11-12-13-15-22-17-19-23(20-18-22)27-26(31)28-25(29)24-16-14-21-30-24/h14,16-21H,2-13,15H2,1H3,(H2,27,28,29,31). The fourth-order valence-electron chi connectivity index (χ4n) is 3.66. The monoisotopic (exact) mass is 442 g/mol. The van der Waals surface area contributed by atoms with E-state index in [-0.39, 0.29) is 16.8 Å². The van der Waals surface area contributed by atoms with Crippen LogP contribution >= 0.6 is 12.2 Å². The van der Waals surface area contributed by atoms with Crippen molar-refractivity contribution in [3.8, 4) is 0 Å². The predicted molar refractivity (Wildman–Crippen MR) is 134 cm³/mol. The lowest BCUT2D eigenvalue weighted by Crippen LogP contribution is -2.33. The summed E-state index contributed by atoms with van der Waals surface area (Å²) in [6, 6.07) is 11.5. The van der Waals surface area contributed by atoms with Gasteiger partial charge in [-0.1, -0.05) is 89.7 Å². The van der Waals surface area contributed by atoms with Crippen LogP contribution in [-0.4, -0.2) is 11.0 Å². The summed E-state index contributed by atoms with van der Waals surface area (Å²) in [5, 5.41) is 5.90. The van der Waals surface area contributed by atoms with Gasteiger partial charge in [-0.2, -0.15) is 0 Å². The van der Waals surface area contributed by atoms with E-state index in [2.05, 4.69) is 29.7 Å². The predicted octanol–water partition coefficient (Wildman–Crippen LogP) is 7.65. The minimum Gasteiger partial charge on any atom is -0.459 e. The van der Waals surface area contributed by atoms with Crippen LogP contribution in [0.15, 0.2) is 47.1 Å². The molecular weight excluding hydrogens is 404 g/mol. The zero-order chi connectivity index (χ0) is 22.2. The van der Waals surface area contributed by atoms with Gasteiger partial charge in [-0.05, 0) is 54.9 Å². The van der Waals surface area contributed by atoms with Gasteiger partial charge >= 0.3 is 0 Å². The van der Waals surface area contributed by atoms with E-state index in [0.29, 0.717) is 0 Å². The van der Waals surface area contributed by atoms with Crippen molar-refractivity contribution in [3.05, 3.63) is 54.0 Å². The smallest absolute Gasteiger partial charge is 0.293 e. The minimum atomic E-state index is -0.355. The highest BCUT2D eigenvalue weighted by molar-refractivity contribution is 7.80. The van der Waals surface area contributed by atoms with Gasteiger partial charge in [0.2, 0.25) is 0 Å². The Kier molecular flexibility index (Phi) is 12.7. The average molecular weight is 443 g/mol. The Morgan fingerprint density at radius 3 is 1.97 bits per heavy atom. The Hall–Kier alpha value is -2.14. The number of unbranched alkanes of at least 4 members (excludes halogenated alkanes) is 11. The van der Waals surface area contributed by atoms with E-state index in [0.717, 1.165) is 12.1 Å². The molecule has 0 saturated carbocycles. The van der Waals surface area contributed by atoms with Gasteiger partial charge in [0.15, 0.2) is 10.9 Å². The first-order chi connectivity index (χ1) is 15.2. The van der Waals surface area contributed by atoms with Crippen molar-refractivity contribution in [2.75, 3.05) is 5.32 Å². The van der Waals surface area contributed by atoms with Gasteiger partial charge in [-0.15, -0.1) is 0 Å². The molecule has 0 fully saturated rings. The Labute approximate surface area is 193 Å². The quantitative estimate of drug-likeness (QED) is 0.220. The van der Waals surface area contributed by atoms with Crippen LogP contribution in [0.25, 0.3) is 0 Å². The number of aryl methyl sites for hydroxylation is 1. The topological polar surface area (TPSA) is 54.3 Å². The van der Waals surface area contributed by atoms with Crippen LogP contribution in [0.2, 0.25) is 0 Å². The van der Waals surface area contributed by atoms with Crippen molar-refractivity contribution < 1.29 is 9.21 Å². The molecule has 0 aliphatic carbocycles. The molecule has 5 heteroatoms. The number of anilines is 1. The molecular formula is C26H38N2O2S. The maximum atomic E-state index is 11.9. The average Bonchev–Trinajstić information content (AvgIpc) is 3.31. The molecule has 0 aliphatic rings. The molecule has 1 aromatic carbocycles. The number of amides is 1. The fraction of sp³-hybridized carbons (Fsp3) is 0.538. The first-order valence-corrected chi connectivity index (χ1v) is 12.3. The SMILES string of the molecule is CCCCCCCCCCCCCCc1ccc(NC(=S)NC(=O)c2ccco2)cc1. The highest BCUT2D eigenvalue weighted by Crippen LogP contribution is 2.15. The van der Waals surface area contributed by atoms with E-state index >= 15 is 0 Å². The van der Waals surface area contributed by atoms with Gasteiger partial charge in [-0.25, -0.2) is 0 Å². The lowest BCUT2D eigenvalue weighted by Gasteiger charge is -2.09. The van der Waals surface area contributed by atoms with E-state index in [1.807, 2.05) is 12.1 Å². The van der Waals surface area contributed by atoms with Gasteiger partial charge in [0.25, 0.3) is 5.91 Å². The number of carbonyl (C=O) groups is 1. The molecule has 31 heavy (non-hydrogen) atoms. The molecule has 4 nitrogen and oxygen atoms in total. The molecule has 2 aromatic rings. The number of hydrogen-bond acceptors (Lipinski definition) is 3. The van der Waals surface area contributed by atoms with Crippen molar-refractivity contribution in [1.82, 2.24) is 5.32 Å². The highest BCUT2D eigenvalue weighted by atomic mass is 32.1. The first-order valence-electron chi connectivity index (χ1n) is 11.9. The van der Waals surface area contributed by atoms with Crippen LogP contribution in [0.3, 0.4) is 0 Å². The third-order valence-corrected chi connectivity index (χ3v) is 5.71. The maximum Gasteiger partial charge on any atom is 0.293 e. The van der Waals surface area contributed by atoms with Crippen LogP contribution in [0.1, 0.15) is 100 Å². The molecule has 1 amide bonds. The van der Waals surface area contributed by atoms with Crippen LogP contribution in [0, 0.1) is 0 Å². The van der Waals surface area contributed by atoms with Crippen molar-refractivity contribution >= 4 is 28.9 Å². The number of rotatable bonds is 15. The molecule has 0 bridgehead atoms. The van der Waals surface area contributed by atoms with E-state index in [4.69, 9.17) is 16.6 Å². The molecule has 0 radical (unpaired) electrons. The van der Waals surface area contributed by atoms with E-state index in [9.17, 15) is 4.79 Å². The van der Waals surface area contributed by atoms with Crippen LogP contribution in [0.4, 0.5) is 5.69 Å². The molecule has 1 heterocycles. The third-order valence-electron chi connectivity index (χ3n) is 5.50. The van der Waals surface area contributed by atoms with Gasteiger partial charge < -0.3 is 9.73 Å². The van der Waals surface area contributed by atoms with Crippen LogP contribution in [-0.2, 0) is 6.42 Å². The van der Waals surface area contributed by atoms with Gasteiger partial charge in [0.05, 0.1) is 6.26 Å². The van der Waals surface area contributed by atoms with Crippen molar-refractivity contribution in [2.24, 2.45) is 0 Å². The normalized spacial score (nSPS) is 10.7. The largest absolute Gasteiger partial charge is 0.459 e. The molecule has 2 N–H and O–H groups in total. The lowest BCUT2D eigenvalue weighted by molar-refractivity contribution is 0.0950. The Morgan fingerprint density at radius 1 is 0.839 bits per heavy atom. The van der Waals surface area contributed by atoms with Gasteiger partial charge in [0.1, 0.15) is 0 Å². The Bertz CT molecular complexity index is 741. The van der Waals surface area contributed by atoms with Crippen LogP contribution in [0.5, 0.6) is 0 Å². The number of furan rings is 1. The summed E-state index contributed by atoms with van der Waals surface area (Å²) in [4.78, 5) is 11.9. The first kappa shape index (κ1) is 25.1. The van der Waals surface area contributed by atoms with Gasteiger partial charge in [-0.3, -0.25) is 10.1 Å². The van der Waals surface area contributed by atoms with Crippen molar-refractivity contribution in [2.45, 2.75) is 90.4 Å². The number of hydrogen-bond donors (Lipinski definition) is 2. The second kappa shape index (κ2) is 15.6. The molecule has 2 rings (SSSR count). The Morgan fingerprint density at radius 2 is 1.42 bits per heavy atom. The fourth-order valence-corrected chi connectivity index (χ4v) is 3.87. The second-order valence-electron chi connectivity index (χ2n) is 8.22. The lowest BCUT2D eigenvalue weighted by atomic mass is 10.0. The third kappa shape index (κ3) is 11.2. The number of nitrogens with one attached hydrogen (secondary N) is 2. The van der Waals surface area contributed by atoms with Crippen molar-refractivity contribution in [1.29, 1.82) is 0 Å². The molecule has 0 spiro atoms. The molecule has 0 unspecified atom stereocenters. The van der Waals surface area contributed by atoms with Gasteiger partial charge in [0, 0.05) is 5.69 Å². The summed E-state index contributed by atoms with van der Waals surface area (Å²) in [6.07, 6.45) is 19.0. The maximum absolute atomic E-state index is 11.9. The number of thiocarbonyl (C=S) groups is 1. The summed E-state index contributed by atoms with van der Waals surface area (Å²) in [5.74, 6) is -0.118. The summed E-state index contributed by atoms with van der Waals surface area (Å²) in [6.45, 7) is 2.27. The molecule has 0 atom stereocenters. The van der Waals surface area contributed by atoms with E-state index in [1.54, 1.807) is 12.1 Å². The van der Waals surface area contributed by atoms with E-state index in [1.165, 1.54) is 88.9 Å². The molecule has 0 saturated heterocycles. The van der Waals surface area contributed by atoms with E-state index < -0.39 is 0 Å². The molecule has 170 valence electrons. The zero-order valence-corrected chi connectivity index (χ0v) is 19.8. The summed E-state index contributed by atoms with van der Waals surface area (Å²) in [5.41, 5.74) is 2.20. The van der Waals surface area contributed by atoms with Crippen LogP contribution < -0.4 is 10.6 Å². The minimum absolute atomic E-state index is 0.238. The van der Waals surface area contributed by atoms with Crippen molar-refractivity contribution in [3.63, 3.8) is 0 Å². The molecule has 0 aliphatic heterocycles. The second-order valence-corrected chi connectivity index (χ2v) is 8.63. The summed E-state index contributed by atoms with van der Waals surface area (Å²) < 4.78 is 5.06. The molecule has 1 aromatic heterocycles. The summed E-state index contributed by atoms with van der Waals surface area (Å²) >= 11 is 5.19. The highest BCUT2D eigenvalue weighted by Gasteiger charge is 2.10. The Balaban J connectivity index is 1.50. The number of benzene rings is 1.